The summed E-state index contributed by atoms with van der Waals surface area (Å²) in [6.45, 7) is 3.25. The van der Waals surface area contributed by atoms with Crippen LogP contribution in [0, 0.1) is 16.0 Å². The molecule has 1 aliphatic carbocycles. The first-order valence-electron chi connectivity index (χ1n) is 8.57. The molecule has 2 amide bonds. The Morgan fingerprint density at radius 3 is 2.19 bits per heavy atom. The van der Waals surface area contributed by atoms with Gasteiger partial charge in [-0.15, -0.1) is 12.4 Å². The van der Waals surface area contributed by atoms with Gasteiger partial charge >= 0.3 is 0 Å². The first-order valence-corrected chi connectivity index (χ1v) is 8.57. The lowest BCUT2D eigenvalue weighted by Gasteiger charge is -2.35. The molecule has 1 aromatic rings. The van der Waals surface area contributed by atoms with Crippen LogP contribution in [0.4, 0.5) is 5.69 Å². The number of piperazine rings is 1. The molecule has 1 N–H and O–H groups in total. The molecule has 1 heterocycles. The summed E-state index contributed by atoms with van der Waals surface area (Å²) in [5.74, 6) is 0.654. The highest BCUT2D eigenvalue weighted by atomic mass is 35.5. The second-order valence-electron chi connectivity index (χ2n) is 6.55. The molecule has 0 spiro atoms. The maximum atomic E-state index is 12.5. The molecule has 142 valence electrons. The Kier molecular flexibility index (Phi) is 6.93. The number of non-ortho nitro benzene ring substituents is 1. The van der Waals surface area contributed by atoms with Crippen molar-refractivity contribution in [3.8, 4) is 0 Å². The van der Waals surface area contributed by atoms with Crippen LogP contribution in [-0.4, -0.2) is 65.8 Å². The van der Waals surface area contributed by atoms with Crippen LogP contribution in [-0.2, 0) is 4.79 Å². The van der Waals surface area contributed by atoms with E-state index in [2.05, 4.69) is 5.32 Å². The Morgan fingerprint density at radius 1 is 1.08 bits per heavy atom. The lowest BCUT2D eigenvalue weighted by Crippen LogP contribution is -2.52. The first-order chi connectivity index (χ1) is 12.0. The molecular formula is C17H23ClN4O4. The minimum absolute atomic E-state index is 0. The molecule has 1 aliphatic heterocycles. The van der Waals surface area contributed by atoms with E-state index in [1.807, 2.05) is 0 Å². The van der Waals surface area contributed by atoms with Crippen LogP contribution in [0.25, 0.3) is 0 Å². The number of hydrogen-bond acceptors (Lipinski definition) is 5. The van der Waals surface area contributed by atoms with E-state index in [1.54, 1.807) is 9.80 Å². The standard InChI is InChI=1S/C17H22N4O4.ClH/c22-16(12-18-11-13-1-2-13)19-7-9-20(10-8-19)17(23)14-3-5-15(6-4-14)21(24)25;/h3-6,13,18H,1-2,7-12H2;1H. The van der Waals surface area contributed by atoms with Crippen LogP contribution in [0.15, 0.2) is 24.3 Å². The number of nitro groups is 1. The molecule has 0 unspecified atom stereocenters. The van der Waals surface area contributed by atoms with Crippen LogP contribution >= 0.6 is 12.4 Å². The van der Waals surface area contributed by atoms with Gasteiger partial charge in [0.15, 0.2) is 0 Å². The number of nitrogens with one attached hydrogen (secondary N) is 1. The summed E-state index contributed by atoms with van der Waals surface area (Å²) < 4.78 is 0. The van der Waals surface area contributed by atoms with Crippen molar-refractivity contribution in [1.29, 1.82) is 0 Å². The van der Waals surface area contributed by atoms with Gasteiger partial charge in [0.1, 0.15) is 0 Å². The highest BCUT2D eigenvalue weighted by Crippen LogP contribution is 2.27. The van der Waals surface area contributed by atoms with Crippen molar-refractivity contribution in [2.45, 2.75) is 12.8 Å². The van der Waals surface area contributed by atoms with E-state index >= 15 is 0 Å². The lowest BCUT2D eigenvalue weighted by molar-refractivity contribution is -0.384. The van der Waals surface area contributed by atoms with Gasteiger partial charge in [-0.25, -0.2) is 0 Å². The van der Waals surface area contributed by atoms with Crippen LogP contribution in [0.3, 0.4) is 0 Å². The molecule has 8 nitrogen and oxygen atoms in total. The van der Waals surface area contributed by atoms with Gasteiger partial charge in [0.05, 0.1) is 11.5 Å². The van der Waals surface area contributed by atoms with E-state index < -0.39 is 4.92 Å². The van der Waals surface area contributed by atoms with E-state index in [4.69, 9.17) is 0 Å². The normalized spacial score (nSPS) is 16.8. The summed E-state index contributed by atoms with van der Waals surface area (Å²) in [7, 11) is 0. The highest BCUT2D eigenvalue weighted by Gasteiger charge is 2.26. The van der Waals surface area contributed by atoms with Crippen LogP contribution in [0.5, 0.6) is 0 Å². The van der Waals surface area contributed by atoms with Crippen molar-refractivity contribution in [3.05, 3.63) is 39.9 Å². The van der Waals surface area contributed by atoms with Gasteiger partial charge < -0.3 is 15.1 Å². The third-order valence-electron chi connectivity index (χ3n) is 4.65. The first kappa shape index (κ1) is 20.1. The third kappa shape index (κ3) is 5.15. The molecule has 0 atom stereocenters. The Morgan fingerprint density at radius 2 is 1.65 bits per heavy atom. The zero-order valence-electron chi connectivity index (χ0n) is 14.4. The molecule has 26 heavy (non-hydrogen) atoms. The quantitative estimate of drug-likeness (QED) is 0.591. The molecule has 2 fully saturated rings. The lowest BCUT2D eigenvalue weighted by atomic mass is 10.1. The Balaban J connectivity index is 0.00000243. The maximum absolute atomic E-state index is 12.5. The van der Waals surface area contributed by atoms with Crippen molar-refractivity contribution < 1.29 is 14.5 Å². The van der Waals surface area contributed by atoms with Crippen molar-refractivity contribution in [2.75, 3.05) is 39.3 Å². The van der Waals surface area contributed by atoms with Gasteiger partial charge in [-0.1, -0.05) is 0 Å². The second-order valence-corrected chi connectivity index (χ2v) is 6.55. The fourth-order valence-electron chi connectivity index (χ4n) is 2.88. The highest BCUT2D eigenvalue weighted by molar-refractivity contribution is 5.94. The SMILES string of the molecule is Cl.O=C(CNCC1CC1)N1CCN(C(=O)c2ccc([N+](=O)[O-])cc2)CC1. The van der Waals surface area contributed by atoms with E-state index in [9.17, 15) is 19.7 Å². The third-order valence-corrected chi connectivity index (χ3v) is 4.65. The van der Waals surface area contributed by atoms with Gasteiger partial charge in [0, 0.05) is 43.9 Å². The fraction of sp³-hybridized carbons (Fsp3) is 0.529. The summed E-state index contributed by atoms with van der Waals surface area (Å²) in [6.07, 6.45) is 2.51. The Hall–Kier alpha value is -2.19. The van der Waals surface area contributed by atoms with Crippen molar-refractivity contribution in [1.82, 2.24) is 15.1 Å². The average Bonchev–Trinajstić information content (AvgIpc) is 3.45. The second kappa shape index (κ2) is 8.95. The van der Waals surface area contributed by atoms with E-state index in [0.29, 0.717) is 38.3 Å². The molecular weight excluding hydrogens is 360 g/mol. The van der Waals surface area contributed by atoms with Crippen LogP contribution in [0.1, 0.15) is 23.2 Å². The summed E-state index contributed by atoms with van der Waals surface area (Å²) >= 11 is 0. The number of halogens is 1. The van der Waals surface area contributed by atoms with Crippen molar-refractivity contribution in [2.24, 2.45) is 5.92 Å². The molecule has 1 saturated heterocycles. The Bertz CT molecular complexity index is 655. The average molecular weight is 383 g/mol. The number of carbonyl (C=O) groups is 2. The van der Waals surface area contributed by atoms with E-state index in [0.717, 1.165) is 12.5 Å². The van der Waals surface area contributed by atoms with Gasteiger partial charge in [0.2, 0.25) is 5.91 Å². The molecule has 0 aromatic heterocycles. The predicted octanol–water partition coefficient (Wildman–Crippen LogP) is 1.30. The van der Waals surface area contributed by atoms with Gasteiger partial charge in [0.25, 0.3) is 11.6 Å². The molecule has 9 heteroatoms. The van der Waals surface area contributed by atoms with E-state index in [1.165, 1.54) is 37.1 Å². The molecule has 2 aliphatic rings. The minimum atomic E-state index is -0.490. The molecule has 3 rings (SSSR count). The number of rotatable bonds is 6. The Labute approximate surface area is 158 Å². The topological polar surface area (TPSA) is 95.8 Å². The molecule has 1 aromatic carbocycles. The minimum Gasteiger partial charge on any atom is -0.338 e. The summed E-state index contributed by atoms with van der Waals surface area (Å²) in [5, 5.41) is 13.9. The molecule has 1 saturated carbocycles. The van der Waals surface area contributed by atoms with E-state index in [-0.39, 0.29) is 29.9 Å². The number of nitro benzene ring substituents is 1. The van der Waals surface area contributed by atoms with Gasteiger partial charge in [-0.2, -0.15) is 0 Å². The molecule has 0 bridgehead atoms. The number of benzene rings is 1. The largest absolute Gasteiger partial charge is 0.338 e. The van der Waals surface area contributed by atoms with Gasteiger partial charge in [-0.3, -0.25) is 19.7 Å². The maximum Gasteiger partial charge on any atom is 0.269 e. The predicted molar refractivity (Wildman–Crippen MR) is 98.4 cm³/mol. The zero-order valence-corrected chi connectivity index (χ0v) is 15.2. The number of hydrogen-bond donors (Lipinski definition) is 1. The number of nitrogens with zero attached hydrogens (tertiary/aromatic N) is 3. The number of amides is 2. The van der Waals surface area contributed by atoms with Crippen LogP contribution < -0.4 is 5.32 Å². The smallest absolute Gasteiger partial charge is 0.269 e. The van der Waals surface area contributed by atoms with Crippen molar-refractivity contribution >= 4 is 29.9 Å². The van der Waals surface area contributed by atoms with Crippen molar-refractivity contribution in [3.63, 3.8) is 0 Å². The fourth-order valence-corrected chi connectivity index (χ4v) is 2.88. The number of carbonyl (C=O) groups excluding carboxylic acids is 2. The van der Waals surface area contributed by atoms with Gasteiger partial charge in [-0.05, 0) is 37.4 Å². The monoisotopic (exact) mass is 382 g/mol. The zero-order chi connectivity index (χ0) is 17.8. The molecule has 0 radical (unpaired) electrons. The summed E-state index contributed by atoms with van der Waals surface area (Å²) in [6, 6.07) is 5.61. The van der Waals surface area contributed by atoms with Crippen LogP contribution in [0.2, 0.25) is 0 Å². The summed E-state index contributed by atoms with van der Waals surface area (Å²) in [4.78, 5) is 38.2. The summed E-state index contributed by atoms with van der Waals surface area (Å²) in [5.41, 5.74) is 0.391.